The molecule has 4 saturated carbocycles. The first-order chi connectivity index (χ1) is 40.7. The van der Waals surface area contributed by atoms with Crippen molar-refractivity contribution < 1.29 is 138 Å². The Morgan fingerprint density at radius 1 is 0.609 bits per heavy atom. The molecule has 10 rings (SSSR count). The summed E-state index contributed by atoms with van der Waals surface area (Å²) in [5.41, 5.74) is -6.17. The Labute approximate surface area is 504 Å². The number of carbonyl (C=O) groups is 2. The monoisotopic (exact) mass is 1250 g/mol. The summed E-state index contributed by atoms with van der Waals surface area (Å²) in [5.74, 6) is -2.80. The van der Waals surface area contributed by atoms with Crippen LogP contribution in [0.4, 0.5) is 0 Å². The van der Waals surface area contributed by atoms with Gasteiger partial charge in [0.2, 0.25) is 6.29 Å². The van der Waals surface area contributed by atoms with Crippen LogP contribution < -0.4 is 0 Å². The smallest absolute Gasteiger partial charge is 0.317 e. The van der Waals surface area contributed by atoms with Gasteiger partial charge in [-0.3, -0.25) is 9.59 Å². The van der Waals surface area contributed by atoms with E-state index in [-0.39, 0.29) is 36.5 Å². The highest BCUT2D eigenvalue weighted by atomic mass is 16.8. The highest BCUT2D eigenvalue weighted by Crippen LogP contribution is 2.76. The first kappa shape index (κ1) is 67.6. The lowest BCUT2D eigenvalue weighted by atomic mass is 9.33. The molecule has 3 unspecified atom stereocenters. The van der Waals surface area contributed by atoms with Crippen molar-refractivity contribution >= 4 is 11.9 Å². The van der Waals surface area contributed by atoms with Crippen molar-refractivity contribution in [3.63, 3.8) is 0 Å². The van der Waals surface area contributed by atoms with Crippen LogP contribution in [0.2, 0.25) is 0 Å². The first-order valence-corrected chi connectivity index (χ1v) is 30.6. The predicted molar refractivity (Wildman–Crippen MR) is 290 cm³/mol. The Morgan fingerprint density at radius 3 is 1.91 bits per heavy atom. The zero-order chi connectivity index (χ0) is 63.6. The quantitative estimate of drug-likeness (QED) is 0.0451. The molecule has 0 aromatic carbocycles. The fourth-order valence-corrected chi connectivity index (χ4v) is 17.7. The van der Waals surface area contributed by atoms with Crippen molar-refractivity contribution in [2.75, 3.05) is 39.6 Å². The molecule has 32 atom stereocenters. The number of allylic oxidation sites excluding steroid dienone is 2. The second kappa shape index (κ2) is 24.6. The molecule has 0 amide bonds. The van der Waals surface area contributed by atoms with E-state index in [0.29, 0.717) is 32.1 Å². The Kier molecular flexibility index (Phi) is 19.1. The summed E-state index contributed by atoms with van der Waals surface area (Å²) in [6.45, 7) is 11.4. The molecule has 0 spiro atoms. The van der Waals surface area contributed by atoms with Gasteiger partial charge in [0, 0.05) is 12.3 Å². The van der Waals surface area contributed by atoms with Crippen molar-refractivity contribution in [3.8, 4) is 0 Å². The maximum absolute atomic E-state index is 15.5. The number of ether oxygens (including phenoxy) is 11. The number of carbonyl (C=O) groups excluding carboxylic acids is 2. The van der Waals surface area contributed by atoms with Crippen LogP contribution in [0.5, 0.6) is 0 Å². The summed E-state index contributed by atoms with van der Waals surface area (Å²) >= 11 is 0. The van der Waals surface area contributed by atoms with Crippen molar-refractivity contribution in [2.24, 2.45) is 50.2 Å². The third kappa shape index (κ3) is 11.2. The highest BCUT2D eigenvalue weighted by Gasteiger charge is 2.73. The number of hydrogen-bond donors (Lipinski definition) is 15. The predicted octanol–water partition coefficient (Wildman–Crippen LogP) is -3.78. The third-order valence-electron chi connectivity index (χ3n) is 22.8. The van der Waals surface area contributed by atoms with E-state index >= 15 is 4.79 Å². The minimum atomic E-state index is -2.09. The van der Waals surface area contributed by atoms with Gasteiger partial charge < -0.3 is 129 Å². The van der Waals surface area contributed by atoms with Crippen molar-refractivity contribution in [1.82, 2.24) is 0 Å². The normalized spacial score (nSPS) is 54.0. The van der Waals surface area contributed by atoms with Crippen LogP contribution >= 0.6 is 0 Å². The third-order valence-corrected chi connectivity index (χ3v) is 22.8. The number of hydrogen-bond acceptors (Lipinski definition) is 28. The van der Waals surface area contributed by atoms with Gasteiger partial charge in [0.25, 0.3) is 0 Å². The number of aliphatic hydroxyl groups is 15. The van der Waals surface area contributed by atoms with Crippen LogP contribution in [-0.4, -0.2) is 275 Å². The molecule has 28 nitrogen and oxygen atoms in total. The summed E-state index contributed by atoms with van der Waals surface area (Å²) in [5, 5.41) is 166. The van der Waals surface area contributed by atoms with E-state index in [0.717, 1.165) is 12.5 Å². The lowest BCUT2D eigenvalue weighted by Gasteiger charge is -2.72. The SMILES string of the molecule is CC(=O)O[C@H]1[C@@H](O)[C@H](O[C@H]2[C@H](OC(=O)[C@]34CCC(C)(C)CC3C3=CCC5[C@@]6(C)C[C@H](O)[C@H](O[C@@H]7O[C@H](CO)[C@@H](O)[C@H](O)[C@H]7O)[C@@](C)(CO)C6CC[C@@]5(C)[C@]3(C)C[C@H]4O)OC[C@H](O)[C@@H]2O)O[C@@H](C)[C@@H]1O[C@@H]1OC[C@@H](O)[C@H](O[C@@H]2OC[C@](O)(CO)[C@H]2O)[C@H]1O. The molecule has 28 heteroatoms. The van der Waals surface area contributed by atoms with Crippen molar-refractivity contribution in [2.45, 2.75) is 254 Å². The molecule has 87 heavy (non-hydrogen) atoms. The first-order valence-electron chi connectivity index (χ1n) is 30.6. The van der Waals surface area contributed by atoms with Gasteiger partial charge in [-0.25, -0.2) is 0 Å². The summed E-state index contributed by atoms with van der Waals surface area (Å²) in [6, 6.07) is 0. The molecule has 5 aliphatic carbocycles. The summed E-state index contributed by atoms with van der Waals surface area (Å²) in [6.07, 6.45) is -31.6. The van der Waals surface area contributed by atoms with E-state index in [9.17, 15) is 81.4 Å². The van der Waals surface area contributed by atoms with Crippen molar-refractivity contribution in [1.29, 1.82) is 0 Å². The number of aliphatic hydroxyl groups excluding tert-OH is 14. The maximum Gasteiger partial charge on any atom is 0.317 e. The minimum Gasteiger partial charge on any atom is -0.457 e. The van der Waals surface area contributed by atoms with Crippen LogP contribution in [0, 0.1) is 50.2 Å². The van der Waals surface area contributed by atoms with Crippen LogP contribution in [-0.2, 0) is 61.7 Å². The van der Waals surface area contributed by atoms with Gasteiger partial charge in [0.1, 0.15) is 84.3 Å². The molecule has 0 aromatic heterocycles. The van der Waals surface area contributed by atoms with Crippen LogP contribution in [0.1, 0.15) is 107 Å². The Hall–Kier alpha value is -2.28. The second-order valence-electron chi connectivity index (χ2n) is 28.6. The zero-order valence-electron chi connectivity index (χ0n) is 50.5. The molecule has 0 aromatic rings. The lowest BCUT2D eigenvalue weighted by molar-refractivity contribution is -0.372. The highest BCUT2D eigenvalue weighted by molar-refractivity contribution is 5.80. The standard InChI is InChI=1S/C59H94O28/c1-24-41(83-47-39(72)42(30(66)20-77-47)84-51-45(74)58(76,22-62)23-79-51)43(81-25(2)63)40(73)49(80-24)85-44-35(68)29(65)19-78-50(44)87-52(75)59-14-13-53(3,4)15-27(59)26-9-10-33-54(5)16-28(64)46(86-48-38(71)37(70)36(69)31(18-60)82-48)55(6,21-61)32(54)11-12-56(33,7)57(26,8)17-34(59)67/h9,24,27-51,60-62,64-74,76H,10-23H2,1-8H3/t24-,27?,28-,29-,30+,31+,32?,33?,34+,35-,36+,37-,38+,39+,40+,41-,42-,43-,44+,45-,46-,47-,48-,49-,50-,51-,54-,55-,56+,57+,58+,59+/m0/s1. The molecule has 5 saturated heterocycles. The average molecular weight is 1250 g/mol. The van der Waals surface area contributed by atoms with Gasteiger partial charge in [-0.15, -0.1) is 0 Å². The van der Waals surface area contributed by atoms with E-state index in [2.05, 4.69) is 40.7 Å². The summed E-state index contributed by atoms with van der Waals surface area (Å²) in [7, 11) is 0. The fraction of sp³-hybridized carbons (Fsp3) is 0.932. The maximum atomic E-state index is 15.5. The Morgan fingerprint density at radius 2 is 1.25 bits per heavy atom. The Balaban J connectivity index is 0.877. The Bertz CT molecular complexity index is 2490. The van der Waals surface area contributed by atoms with Crippen LogP contribution in [0.25, 0.3) is 0 Å². The largest absolute Gasteiger partial charge is 0.457 e. The number of fused-ring (bicyclic) bond motifs is 7. The molecular formula is C59H94O28. The fourth-order valence-electron chi connectivity index (χ4n) is 17.7. The van der Waals surface area contributed by atoms with Crippen molar-refractivity contribution in [3.05, 3.63) is 11.6 Å². The van der Waals surface area contributed by atoms with E-state index in [1.54, 1.807) is 0 Å². The average Bonchev–Trinajstić information content (AvgIpc) is 0.895. The van der Waals surface area contributed by atoms with Gasteiger partial charge in [-0.05, 0) is 97.7 Å². The van der Waals surface area contributed by atoms with E-state index in [1.165, 1.54) is 6.92 Å². The van der Waals surface area contributed by atoms with E-state index in [1.807, 2.05) is 6.92 Å². The molecule has 15 N–H and O–H groups in total. The van der Waals surface area contributed by atoms with Gasteiger partial charge in [0.15, 0.2) is 37.4 Å². The van der Waals surface area contributed by atoms with E-state index < -0.39 is 231 Å². The van der Waals surface area contributed by atoms with Gasteiger partial charge in [-0.1, -0.05) is 53.2 Å². The lowest BCUT2D eigenvalue weighted by Crippen LogP contribution is -2.70. The molecule has 498 valence electrons. The van der Waals surface area contributed by atoms with E-state index in [4.69, 9.17) is 52.1 Å². The topological polar surface area (TPSA) is 439 Å². The zero-order valence-corrected chi connectivity index (χ0v) is 50.5. The van der Waals surface area contributed by atoms with Crippen LogP contribution in [0.3, 0.4) is 0 Å². The number of rotatable bonds is 14. The molecule has 10 aliphatic rings. The minimum absolute atomic E-state index is 0.110. The molecular weight excluding hydrogens is 1160 g/mol. The molecule has 5 heterocycles. The van der Waals surface area contributed by atoms with Gasteiger partial charge in [-0.2, -0.15) is 0 Å². The molecule has 9 fully saturated rings. The van der Waals surface area contributed by atoms with Gasteiger partial charge >= 0.3 is 11.9 Å². The van der Waals surface area contributed by atoms with Crippen LogP contribution in [0.15, 0.2) is 11.6 Å². The molecule has 0 bridgehead atoms. The summed E-state index contributed by atoms with van der Waals surface area (Å²) < 4.78 is 64.8. The number of esters is 2. The molecule has 0 radical (unpaired) electrons. The molecule has 5 aliphatic heterocycles. The second-order valence-corrected chi connectivity index (χ2v) is 28.6. The summed E-state index contributed by atoms with van der Waals surface area (Å²) in [4.78, 5) is 28.2. The van der Waals surface area contributed by atoms with Gasteiger partial charge in [0.05, 0.1) is 64.1 Å².